The monoisotopic (exact) mass is 264 g/mol. The van der Waals surface area contributed by atoms with Gasteiger partial charge in [0.15, 0.2) is 0 Å². The van der Waals surface area contributed by atoms with E-state index in [0.717, 1.165) is 11.8 Å². The summed E-state index contributed by atoms with van der Waals surface area (Å²) in [4.78, 5) is 0. The predicted octanol–water partition coefficient (Wildman–Crippen LogP) is 4.80. The molecule has 2 aromatic carbocycles. The van der Waals surface area contributed by atoms with Gasteiger partial charge < -0.3 is 0 Å². The van der Waals surface area contributed by atoms with Crippen molar-refractivity contribution in [3.8, 4) is 0 Å². The molecule has 0 bridgehead atoms. The van der Waals surface area contributed by atoms with Crippen molar-refractivity contribution in [2.75, 3.05) is 5.33 Å². The van der Waals surface area contributed by atoms with Gasteiger partial charge in [-0.3, -0.25) is 0 Å². The molecule has 2 rings (SSSR count). The highest BCUT2D eigenvalue weighted by atomic mass is 79.9. The lowest BCUT2D eigenvalue weighted by atomic mass is 10.0. The maximum absolute atomic E-state index is 3.47. The molecule has 0 nitrogen and oxygen atoms in total. The summed E-state index contributed by atoms with van der Waals surface area (Å²) in [5.41, 5.74) is 1.43. The van der Waals surface area contributed by atoms with Gasteiger partial charge in [-0.15, -0.1) is 0 Å². The zero-order chi connectivity index (χ0) is 11.1. The number of rotatable bonds is 2. The molecule has 2 aromatic rings. The van der Waals surface area contributed by atoms with Crippen LogP contribution in [0, 0.1) is 0 Å². The van der Waals surface area contributed by atoms with Crippen molar-refractivity contribution in [2.24, 2.45) is 0 Å². The number of hydrogen-bond donors (Lipinski definition) is 0. The highest BCUT2D eigenvalue weighted by molar-refractivity contribution is 9.09. The minimum atomic E-state index is 1.03. The van der Waals surface area contributed by atoms with E-state index in [1.165, 1.54) is 16.3 Å². The SMILES string of the molecule is BrCCc1cccc2ccccc12.CC. The Morgan fingerprint density at radius 3 is 2.33 bits per heavy atom. The molecule has 15 heavy (non-hydrogen) atoms. The van der Waals surface area contributed by atoms with E-state index in [1.807, 2.05) is 13.8 Å². The lowest BCUT2D eigenvalue weighted by Gasteiger charge is -2.03. The first-order valence-electron chi connectivity index (χ1n) is 5.44. The van der Waals surface area contributed by atoms with E-state index >= 15 is 0 Å². The van der Waals surface area contributed by atoms with E-state index in [0.29, 0.717) is 0 Å². The maximum atomic E-state index is 3.47. The molecular formula is C14H17Br. The predicted molar refractivity (Wildman–Crippen MR) is 72.8 cm³/mol. The van der Waals surface area contributed by atoms with Crippen molar-refractivity contribution in [3.05, 3.63) is 48.0 Å². The molecule has 0 saturated heterocycles. The zero-order valence-electron chi connectivity index (χ0n) is 9.33. The molecule has 1 heteroatoms. The fourth-order valence-corrected chi connectivity index (χ4v) is 2.04. The zero-order valence-corrected chi connectivity index (χ0v) is 10.9. The second kappa shape index (κ2) is 6.62. The summed E-state index contributed by atoms with van der Waals surface area (Å²) in [6.45, 7) is 4.00. The van der Waals surface area contributed by atoms with Crippen LogP contribution >= 0.6 is 15.9 Å². The van der Waals surface area contributed by atoms with Gasteiger partial charge in [0, 0.05) is 5.33 Å². The van der Waals surface area contributed by atoms with Crippen molar-refractivity contribution < 1.29 is 0 Å². The van der Waals surface area contributed by atoms with E-state index < -0.39 is 0 Å². The molecule has 0 unspecified atom stereocenters. The minimum absolute atomic E-state index is 1.03. The summed E-state index contributed by atoms with van der Waals surface area (Å²) < 4.78 is 0. The molecule has 0 heterocycles. The Balaban J connectivity index is 0.000000531. The molecule has 0 fully saturated rings. The molecule has 0 aliphatic carbocycles. The van der Waals surface area contributed by atoms with Gasteiger partial charge in [-0.05, 0) is 22.8 Å². The van der Waals surface area contributed by atoms with Gasteiger partial charge in [0.25, 0.3) is 0 Å². The van der Waals surface area contributed by atoms with Crippen LogP contribution < -0.4 is 0 Å². The van der Waals surface area contributed by atoms with Crippen molar-refractivity contribution in [1.29, 1.82) is 0 Å². The Labute approximate surface area is 100 Å². The van der Waals surface area contributed by atoms with Crippen LogP contribution in [0.3, 0.4) is 0 Å². The van der Waals surface area contributed by atoms with E-state index in [9.17, 15) is 0 Å². The lowest BCUT2D eigenvalue weighted by Crippen LogP contribution is -1.86. The first-order chi connectivity index (χ1) is 7.42. The van der Waals surface area contributed by atoms with Crippen LogP contribution in [0.4, 0.5) is 0 Å². The summed E-state index contributed by atoms with van der Waals surface area (Å²) >= 11 is 3.47. The summed E-state index contributed by atoms with van der Waals surface area (Å²) in [6, 6.07) is 15.0. The molecule has 0 atom stereocenters. The highest BCUT2D eigenvalue weighted by Crippen LogP contribution is 2.19. The average molecular weight is 265 g/mol. The standard InChI is InChI=1S/C12H11Br.C2H6/c13-9-8-11-6-3-5-10-4-1-2-7-12(10)11;1-2/h1-7H,8-9H2;1-2H3. The summed E-state index contributed by atoms with van der Waals surface area (Å²) in [6.07, 6.45) is 1.10. The van der Waals surface area contributed by atoms with Crippen LogP contribution in [-0.2, 0) is 6.42 Å². The van der Waals surface area contributed by atoms with Crippen LogP contribution in [0.15, 0.2) is 42.5 Å². The molecule has 0 saturated carbocycles. The minimum Gasteiger partial charge on any atom is -0.0924 e. The Kier molecular flexibility index (Phi) is 5.41. The Morgan fingerprint density at radius 1 is 0.933 bits per heavy atom. The summed E-state index contributed by atoms with van der Waals surface area (Å²) in [5.74, 6) is 0. The van der Waals surface area contributed by atoms with E-state index in [2.05, 4.69) is 58.4 Å². The van der Waals surface area contributed by atoms with E-state index in [4.69, 9.17) is 0 Å². The molecule has 0 amide bonds. The van der Waals surface area contributed by atoms with E-state index in [1.54, 1.807) is 0 Å². The largest absolute Gasteiger partial charge is 0.0924 e. The van der Waals surface area contributed by atoms with Gasteiger partial charge in [0.1, 0.15) is 0 Å². The maximum Gasteiger partial charge on any atom is 0.00720 e. The van der Waals surface area contributed by atoms with Gasteiger partial charge in [0.05, 0.1) is 0 Å². The van der Waals surface area contributed by atoms with Crippen molar-refractivity contribution in [1.82, 2.24) is 0 Å². The summed E-state index contributed by atoms with van der Waals surface area (Å²) in [7, 11) is 0. The van der Waals surface area contributed by atoms with Gasteiger partial charge >= 0.3 is 0 Å². The van der Waals surface area contributed by atoms with Crippen molar-refractivity contribution in [2.45, 2.75) is 20.3 Å². The quantitative estimate of drug-likeness (QED) is 0.684. The van der Waals surface area contributed by atoms with Gasteiger partial charge in [-0.25, -0.2) is 0 Å². The lowest BCUT2D eigenvalue weighted by molar-refractivity contribution is 1.19. The molecular weight excluding hydrogens is 248 g/mol. The van der Waals surface area contributed by atoms with Crippen molar-refractivity contribution in [3.63, 3.8) is 0 Å². The third-order valence-corrected chi connectivity index (χ3v) is 2.64. The first kappa shape index (κ1) is 12.3. The number of hydrogen-bond acceptors (Lipinski definition) is 0. The number of benzene rings is 2. The smallest absolute Gasteiger partial charge is 0.00720 e. The van der Waals surface area contributed by atoms with Gasteiger partial charge in [-0.2, -0.15) is 0 Å². The van der Waals surface area contributed by atoms with Crippen LogP contribution in [0.5, 0.6) is 0 Å². The number of halogens is 1. The third-order valence-electron chi connectivity index (χ3n) is 2.24. The Bertz CT molecular complexity index is 402. The normalized spacial score (nSPS) is 9.53. The highest BCUT2D eigenvalue weighted by Gasteiger charge is 1.97. The average Bonchev–Trinajstić information content (AvgIpc) is 2.33. The number of alkyl halides is 1. The van der Waals surface area contributed by atoms with Crippen LogP contribution in [0.2, 0.25) is 0 Å². The van der Waals surface area contributed by atoms with Crippen molar-refractivity contribution >= 4 is 26.7 Å². The van der Waals surface area contributed by atoms with Gasteiger partial charge in [0.2, 0.25) is 0 Å². The van der Waals surface area contributed by atoms with Crippen LogP contribution in [0.1, 0.15) is 19.4 Å². The van der Waals surface area contributed by atoms with E-state index in [-0.39, 0.29) is 0 Å². The second-order valence-electron chi connectivity index (χ2n) is 3.08. The second-order valence-corrected chi connectivity index (χ2v) is 3.87. The topological polar surface area (TPSA) is 0 Å². The van der Waals surface area contributed by atoms with Gasteiger partial charge in [-0.1, -0.05) is 72.2 Å². The third kappa shape index (κ3) is 3.07. The molecule has 0 aliphatic rings. The molecule has 0 radical (unpaired) electrons. The first-order valence-corrected chi connectivity index (χ1v) is 6.56. The summed E-state index contributed by atoms with van der Waals surface area (Å²) in [5, 5.41) is 3.74. The van der Waals surface area contributed by atoms with Crippen LogP contribution in [0.25, 0.3) is 10.8 Å². The Morgan fingerprint density at radius 2 is 1.60 bits per heavy atom. The fourth-order valence-electron chi connectivity index (χ4n) is 1.61. The molecule has 0 aromatic heterocycles. The Hall–Kier alpha value is -0.820. The molecule has 0 N–H and O–H groups in total. The number of aryl methyl sites for hydroxylation is 1. The fraction of sp³-hybridized carbons (Fsp3) is 0.286. The molecule has 0 spiro atoms. The number of fused-ring (bicyclic) bond motifs is 1. The molecule has 80 valence electrons. The molecule has 0 aliphatic heterocycles. The van der Waals surface area contributed by atoms with Crippen LogP contribution in [-0.4, -0.2) is 5.33 Å².